The second-order valence-corrected chi connectivity index (χ2v) is 13.2. The second-order valence-electron chi connectivity index (χ2n) is 12.4. The summed E-state index contributed by atoms with van der Waals surface area (Å²) in [7, 11) is 5.35. The normalized spacial score (nSPS) is 23.1. The van der Waals surface area contributed by atoms with Crippen LogP contribution in [0.25, 0.3) is 0 Å². The van der Waals surface area contributed by atoms with Crippen molar-refractivity contribution < 1.29 is 18.7 Å². The topological polar surface area (TPSA) is 82.7 Å². The van der Waals surface area contributed by atoms with E-state index in [2.05, 4.69) is 36.7 Å². The molecular weight excluding hydrogens is 578 g/mol. The molecule has 2 heterocycles. The average molecular weight is 614 g/mol. The maximum absolute atomic E-state index is 16.0. The van der Waals surface area contributed by atoms with E-state index in [0.717, 1.165) is 5.69 Å². The zero-order valence-electron chi connectivity index (χ0n) is 24.4. The first-order chi connectivity index (χ1) is 19.8. The minimum atomic E-state index is -1.33. The molecular formula is C32H35Cl2FN4O3. The minimum absolute atomic E-state index is 0.0863. The van der Waals surface area contributed by atoms with Gasteiger partial charge in [-0.1, -0.05) is 62.2 Å². The van der Waals surface area contributed by atoms with Crippen LogP contribution in [0.3, 0.4) is 0 Å². The van der Waals surface area contributed by atoms with Crippen LogP contribution in [0.1, 0.15) is 44.2 Å². The van der Waals surface area contributed by atoms with Gasteiger partial charge in [0.2, 0.25) is 11.8 Å². The van der Waals surface area contributed by atoms with E-state index in [1.54, 1.807) is 36.4 Å². The quantitative estimate of drug-likeness (QED) is 0.292. The van der Waals surface area contributed by atoms with E-state index in [0.29, 0.717) is 34.1 Å². The van der Waals surface area contributed by atoms with E-state index >= 15 is 4.39 Å². The van der Waals surface area contributed by atoms with Crippen LogP contribution in [0.5, 0.6) is 5.75 Å². The molecule has 7 nitrogen and oxygen atoms in total. The molecule has 1 spiro atoms. The van der Waals surface area contributed by atoms with Crippen molar-refractivity contribution in [3.63, 3.8) is 0 Å². The Morgan fingerprint density at radius 2 is 1.86 bits per heavy atom. The van der Waals surface area contributed by atoms with Gasteiger partial charge in [0.1, 0.15) is 17.0 Å². The molecule has 2 aliphatic heterocycles. The van der Waals surface area contributed by atoms with E-state index in [1.807, 2.05) is 31.1 Å². The number of hydrogen-bond donors (Lipinski definition) is 3. The van der Waals surface area contributed by atoms with Crippen molar-refractivity contribution in [1.82, 2.24) is 5.32 Å². The summed E-state index contributed by atoms with van der Waals surface area (Å²) in [6.45, 7) is 6.20. The Kier molecular flexibility index (Phi) is 7.94. The Bertz CT molecular complexity index is 1560. The van der Waals surface area contributed by atoms with Gasteiger partial charge >= 0.3 is 0 Å². The lowest BCUT2D eigenvalue weighted by atomic mass is 9.62. The second kappa shape index (κ2) is 11.1. The van der Waals surface area contributed by atoms with Gasteiger partial charge in [0.05, 0.1) is 23.9 Å². The fourth-order valence-electron chi connectivity index (χ4n) is 6.42. The molecule has 0 saturated carbocycles. The summed E-state index contributed by atoms with van der Waals surface area (Å²) in [5.41, 5.74) is 1.16. The number of benzene rings is 3. The van der Waals surface area contributed by atoms with E-state index in [4.69, 9.17) is 27.9 Å². The van der Waals surface area contributed by atoms with Crippen molar-refractivity contribution in [1.29, 1.82) is 0 Å². The van der Waals surface area contributed by atoms with Gasteiger partial charge in [-0.05, 0) is 53.3 Å². The Hall–Kier alpha value is -3.33. The Balaban J connectivity index is 1.70. The number of carbonyl (C=O) groups is 2. The van der Waals surface area contributed by atoms with Gasteiger partial charge in [-0.15, -0.1) is 0 Å². The summed E-state index contributed by atoms with van der Waals surface area (Å²) in [6, 6.07) is 13.8. The molecule has 2 amide bonds. The van der Waals surface area contributed by atoms with Crippen LogP contribution in [0.2, 0.25) is 10.0 Å². The van der Waals surface area contributed by atoms with Crippen LogP contribution in [-0.2, 0) is 15.0 Å². The molecule has 10 heteroatoms. The van der Waals surface area contributed by atoms with Gasteiger partial charge in [-0.25, -0.2) is 4.39 Å². The van der Waals surface area contributed by atoms with Crippen LogP contribution >= 0.6 is 23.2 Å². The van der Waals surface area contributed by atoms with Crippen molar-refractivity contribution in [2.24, 2.45) is 5.41 Å². The predicted octanol–water partition coefficient (Wildman–Crippen LogP) is 6.60. The molecule has 4 unspecified atom stereocenters. The lowest BCUT2D eigenvalue weighted by molar-refractivity contribution is -0.122. The number of halogens is 3. The minimum Gasteiger partial charge on any atom is -0.494 e. The van der Waals surface area contributed by atoms with Crippen LogP contribution in [-0.4, -0.2) is 45.1 Å². The molecule has 0 aliphatic carbocycles. The third-order valence-electron chi connectivity index (χ3n) is 8.18. The fraction of sp³-hybridized carbons (Fsp3) is 0.375. The number of carbonyl (C=O) groups excluding carboxylic acids is 2. The summed E-state index contributed by atoms with van der Waals surface area (Å²) in [5.74, 6) is -1.89. The van der Waals surface area contributed by atoms with E-state index < -0.39 is 35.1 Å². The summed E-state index contributed by atoms with van der Waals surface area (Å²) in [6.07, 6.45) is 0.520. The SMILES string of the molecule is COc1cc(N(C)C)ccc1NC(=O)C1NC(CC(C)(C)C)C2(C(=O)Nc3cc(Cl)ccc32)C1c1cccc(Cl)c1F. The number of hydrogen-bond acceptors (Lipinski definition) is 5. The summed E-state index contributed by atoms with van der Waals surface area (Å²) in [4.78, 5) is 30.4. The summed E-state index contributed by atoms with van der Waals surface area (Å²) in [5, 5.41) is 9.83. The van der Waals surface area contributed by atoms with Gasteiger partial charge in [0.15, 0.2) is 0 Å². The van der Waals surface area contributed by atoms with Crippen LogP contribution < -0.4 is 25.6 Å². The van der Waals surface area contributed by atoms with Gasteiger partial charge in [-0.2, -0.15) is 0 Å². The molecule has 2 aliphatic rings. The summed E-state index contributed by atoms with van der Waals surface area (Å²) >= 11 is 12.6. The van der Waals surface area contributed by atoms with Gasteiger partial charge < -0.3 is 25.6 Å². The van der Waals surface area contributed by atoms with Crippen LogP contribution in [0, 0.1) is 11.2 Å². The molecule has 1 saturated heterocycles. The number of nitrogens with zero attached hydrogens (tertiary/aromatic N) is 1. The highest BCUT2D eigenvalue weighted by molar-refractivity contribution is 6.31. The van der Waals surface area contributed by atoms with Gasteiger partial charge in [-0.3, -0.25) is 9.59 Å². The highest BCUT2D eigenvalue weighted by Crippen LogP contribution is 2.57. The first kappa shape index (κ1) is 30.1. The Morgan fingerprint density at radius 1 is 1.12 bits per heavy atom. The van der Waals surface area contributed by atoms with Crippen molar-refractivity contribution >= 4 is 52.1 Å². The molecule has 3 aromatic carbocycles. The number of rotatable bonds is 6. The highest BCUT2D eigenvalue weighted by atomic mass is 35.5. The summed E-state index contributed by atoms with van der Waals surface area (Å²) < 4.78 is 21.5. The Labute approximate surface area is 255 Å². The van der Waals surface area contributed by atoms with E-state index in [9.17, 15) is 9.59 Å². The Morgan fingerprint density at radius 3 is 2.52 bits per heavy atom. The number of amides is 2. The number of fused-ring (bicyclic) bond motifs is 2. The molecule has 4 atom stereocenters. The van der Waals surface area contributed by atoms with Gasteiger partial charge in [0.25, 0.3) is 0 Å². The van der Waals surface area contributed by atoms with Crippen molar-refractivity contribution in [2.45, 2.75) is 50.6 Å². The average Bonchev–Trinajstić information content (AvgIpc) is 3.39. The number of ether oxygens (including phenoxy) is 1. The smallest absolute Gasteiger partial charge is 0.242 e. The maximum atomic E-state index is 16.0. The zero-order chi connectivity index (χ0) is 30.6. The third kappa shape index (κ3) is 5.10. The van der Waals surface area contributed by atoms with E-state index in [1.165, 1.54) is 13.2 Å². The lowest BCUT2D eigenvalue weighted by Gasteiger charge is -2.37. The first-order valence-electron chi connectivity index (χ1n) is 13.8. The lowest BCUT2D eigenvalue weighted by Crippen LogP contribution is -2.49. The van der Waals surface area contributed by atoms with Crippen molar-refractivity contribution in [3.8, 4) is 5.75 Å². The molecule has 0 aromatic heterocycles. The standard InChI is InChI=1S/C32H35Cl2FN4O3/c1-31(2,3)16-25-32(20-12-10-17(33)14-23(20)37-30(32)41)26(19-8-7-9-21(34)27(19)35)28(38-25)29(40)36-22-13-11-18(39(4)5)15-24(22)42-6/h7-15,25-26,28,38H,16H2,1-6H3,(H,36,40)(H,37,41). The molecule has 3 aromatic rings. The molecule has 0 radical (unpaired) electrons. The predicted molar refractivity (Wildman–Crippen MR) is 167 cm³/mol. The molecule has 42 heavy (non-hydrogen) atoms. The van der Waals surface area contributed by atoms with E-state index in [-0.39, 0.29) is 21.9 Å². The molecule has 222 valence electrons. The number of anilines is 3. The largest absolute Gasteiger partial charge is 0.494 e. The van der Waals surface area contributed by atoms with Crippen LogP contribution in [0.15, 0.2) is 54.6 Å². The molecule has 1 fully saturated rings. The monoisotopic (exact) mass is 612 g/mol. The third-order valence-corrected chi connectivity index (χ3v) is 8.71. The van der Waals surface area contributed by atoms with Gasteiger partial charge in [0, 0.05) is 48.5 Å². The number of nitrogens with one attached hydrogen (secondary N) is 3. The molecule has 5 rings (SSSR count). The first-order valence-corrected chi connectivity index (χ1v) is 14.5. The zero-order valence-corrected chi connectivity index (χ0v) is 26.0. The molecule has 3 N–H and O–H groups in total. The highest BCUT2D eigenvalue weighted by Gasteiger charge is 2.66. The van der Waals surface area contributed by atoms with Crippen molar-refractivity contribution in [3.05, 3.63) is 81.6 Å². The molecule has 0 bridgehead atoms. The van der Waals surface area contributed by atoms with Crippen LogP contribution in [0.4, 0.5) is 21.5 Å². The van der Waals surface area contributed by atoms with Crippen molar-refractivity contribution in [2.75, 3.05) is 36.7 Å². The maximum Gasteiger partial charge on any atom is 0.242 e. The fourth-order valence-corrected chi connectivity index (χ4v) is 6.78. The number of methoxy groups -OCH3 is 1.